The van der Waals surface area contributed by atoms with Crippen LogP contribution in [-0.4, -0.2) is 25.2 Å². The average molecular weight is 220 g/mol. The Labute approximate surface area is 93.2 Å². The molecule has 16 heavy (non-hydrogen) atoms. The highest BCUT2D eigenvalue weighted by atomic mass is 16.6. The Hall–Kier alpha value is -1.84. The molecular weight excluding hydrogens is 208 g/mol. The normalized spacial score (nSPS) is 17.0. The van der Waals surface area contributed by atoms with Crippen LogP contribution in [0.25, 0.3) is 0 Å². The molecule has 0 amide bonds. The summed E-state index contributed by atoms with van der Waals surface area (Å²) >= 11 is 0. The number of fused-ring (bicyclic) bond motifs is 9. The molecule has 2 aliphatic heterocycles. The van der Waals surface area contributed by atoms with Crippen LogP contribution in [-0.2, 0) is 31.9 Å². The summed E-state index contributed by atoms with van der Waals surface area (Å²) in [6.07, 6.45) is 0.516. The van der Waals surface area contributed by atoms with Crippen molar-refractivity contribution in [3.8, 4) is 0 Å². The second-order valence-corrected chi connectivity index (χ2v) is 3.61. The summed E-state index contributed by atoms with van der Waals surface area (Å²) in [6, 6.07) is 7.30. The molecule has 0 atom stereocenters. The molecule has 2 aliphatic rings. The van der Waals surface area contributed by atoms with Crippen molar-refractivity contribution in [2.75, 3.05) is 13.2 Å². The summed E-state index contributed by atoms with van der Waals surface area (Å²) in [5.41, 5.74) is 1.78. The molecular formula is C12H12O4. The van der Waals surface area contributed by atoms with Gasteiger partial charge in [-0.3, -0.25) is 9.59 Å². The van der Waals surface area contributed by atoms with Crippen molar-refractivity contribution >= 4 is 11.9 Å². The first-order valence-electron chi connectivity index (χ1n) is 5.13. The SMILES string of the molecule is O=C1Cc2ccc(cc2)CC(=O)OCCO1. The van der Waals surface area contributed by atoms with Crippen LogP contribution in [0.15, 0.2) is 24.3 Å². The van der Waals surface area contributed by atoms with Gasteiger partial charge >= 0.3 is 11.9 Å². The summed E-state index contributed by atoms with van der Waals surface area (Å²) in [5, 5.41) is 0. The Balaban J connectivity index is 2.19. The van der Waals surface area contributed by atoms with Gasteiger partial charge in [-0.15, -0.1) is 0 Å². The van der Waals surface area contributed by atoms with Gasteiger partial charge in [-0.25, -0.2) is 0 Å². The van der Waals surface area contributed by atoms with Crippen molar-refractivity contribution in [2.45, 2.75) is 12.8 Å². The van der Waals surface area contributed by atoms with Gasteiger partial charge in [0.15, 0.2) is 0 Å². The summed E-state index contributed by atoms with van der Waals surface area (Å²) in [6.45, 7) is 0.251. The highest BCUT2D eigenvalue weighted by Gasteiger charge is 2.10. The van der Waals surface area contributed by atoms with E-state index in [2.05, 4.69) is 0 Å². The number of ether oxygens (including phenoxy) is 2. The lowest BCUT2D eigenvalue weighted by atomic mass is 10.1. The number of benzene rings is 1. The van der Waals surface area contributed by atoms with Gasteiger partial charge < -0.3 is 9.47 Å². The Kier molecular flexibility index (Phi) is 3.19. The molecule has 4 heteroatoms. The fourth-order valence-corrected chi connectivity index (χ4v) is 1.52. The topological polar surface area (TPSA) is 52.6 Å². The van der Waals surface area contributed by atoms with E-state index >= 15 is 0 Å². The van der Waals surface area contributed by atoms with Crippen molar-refractivity contribution in [1.82, 2.24) is 0 Å². The van der Waals surface area contributed by atoms with E-state index in [1.807, 2.05) is 24.3 Å². The fourth-order valence-electron chi connectivity index (χ4n) is 1.52. The first kappa shape index (κ1) is 10.7. The van der Waals surface area contributed by atoms with Gasteiger partial charge in [-0.2, -0.15) is 0 Å². The highest BCUT2D eigenvalue weighted by Crippen LogP contribution is 2.08. The van der Waals surface area contributed by atoms with E-state index in [1.165, 1.54) is 0 Å². The van der Waals surface area contributed by atoms with Crippen LogP contribution in [0.3, 0.4) is 0 Å². The third kappa shape index (κ3) is 2.82. The minimum Gasteiger partial charge on any atom is -0.462 e. The van der Waals surface area contributed by atoms with E-state index in [0.29, 0.717) is 0 Å². The van der Waals surface area contributed by atoms with Gasteiger partial charge in [-0.1, -0.05) is 24.3 Å². The molecule has 2 bridgehead atoms. The molecule has 0 saturated heterocycles. The van der Waals surface area contributed by atoms with E-state index in [0.717, 1.165) is 11.1 Å². The van der Waals surface area contributed by atoms with Crippen LogP contribution in [0.5, 0.6) is 0 Å². The van der Waals surface area contributed by atoms with E-state index in [9.17, 15) is 9.59 Å². The smallest absolute Gasteiger partial charge is 0.310 e. The molecule has 0 aromatic heterocycles. The zero-order chi connectivity index (χ0) is 11.4. The van der Waals surface area contributed by atoms with Crippen molar-refractivity contribution in [3.63, 3.8) is 0 Å². The second-order valence-electron chi connectivity index (χ2n) is 3.61. The number of hydrogen-bond donors (Lipinski definition) is 0. The number of carbonyl (C=O) groups excluding carboxylic acids is 2. The minimum atomic E-state index is -0.302. The maximum absolute atomic E-state index is 11.3. The predicted molar refractivity (Wildman–Crippen MR) is 55.8 cm³/mol. The van der Waals surface area contributed by atoms with Gasteiger partial charge in [-0.05, 0) is 11.1 Å². The second kappa shape index (κ2) is 4.79. The zero-order valence-corrected chi connectivity index (χ0v) is 8.77. The third-order valence-corrected chi connectivity index (χ3v) is 2.33. The predicted octanol–water partition coefficient (Wildman–Crippen LogP) is 0.872. The average Bonchev–Trinajstić information content (AvgIpc) is 2.25. The number of carbonyl (C=O) groups is 2. The first-order chi connectivity index (χ1) is 7.74. The zero-order valence-electron chi connectivity index (χ0n) is 8.77. The number of hydrogen-bond acceptors (Lipinski definition) is 4. The van der Waals surface area contributed by atoms with Crippen LogP contribution in [0, 0.1) is 0 Å². The van der Waals surface area contributed by atoms with Crippen molar-refractivity contribution in [1.29, 1.82) is 0 Å². The Bertz CT molecular complexity index is 355. The minimum absolute atomic E-state index is 0.126. The molecule has 4 nitrogen and oxygen atoms in total. The molecule has 84 valence electrons. The Morgan fingerprint density at radius 1 is 0.750 bits per heavy atom. The lowest BCUT2D eigenvalue weighted by Crippen LogP contribution is -2.17. The monoisotopic (exact) mass is 220 g/mol. The highest BCUT2D eigenvalue weighted by molar-refractivity contribution is 5.74. The van der Waals surface area contributed by atoms with Crippen LogP contribution < -0.4 is 0 Å². The lowest BCUT2D eigenvalue weighted by Gasteiger charge is -2.09. The van der Waals surface area contributed by atoms with Crippen LogP contribution in [0.4, 0.5) is 0 Å². The van der Waals surface area contributed by atoms with Gasteiger partial charge in [0.1, 0.15) is 13.2 Å². The first-order valence-corrected chi connectivity index (χ1v) is 5.13. The van der Waals surface area contributed by atoms with E-state index in [1.54, 1.807) is 0 Å². The molecule has 2 heterocycles. The largest absolute Gasteiger partial charge is 0.462 e. The summed E-state index contributed by atoms with van der Waals surface area (Å²) in [5.74, 6) is -0.603. The molecule has 0 N–H and O–H groups in total. The van der Waals surface area contributed by atoms with E-state index in [4.69, 9.17) is 9.47 Å². The third-order valence-electron chi connectivity index (χ3n) is 2.33. The standard InChI is InChI=1S/C12H12O4/c13-11-7-9-1-2-10(4-3-9)8-12(14)16-6-5-15-11/h1-4H,5-8H2. The summed E-state index contributed by atoms with van der Waals surface area (Å²) < 4.78 is 9.80. The molecule has 0 spiro atoms. The Morgan fingerprint density at radius 2 is 1.12 bits per heavy atom. The van der Waals surface area contributed by atoms with E-state index < -0.39 is 0 Å². The molecule has 3 rings (SSSR count). The molecule has 0 fully saturated rings. The molecule has 1 aromatic carbocycles. The molecule has 0 aliphatic carbocycles. The number of rotatable bonds is 0. The fraction of sp³-hybridized carbons (Fsp3) is 0.333. The quantitative estimate of drug-likeness (QED) is 0.609. The molecule has 0 radical (unpaired) electrons. The van der Waals surface area contributed by atoms with Gasteiger partial charge in [0.25, 0.3) is 0 Å². The van der Waals surface area contributed by atoms with Crippen LogP contribution >= 0.6 is 0 Å². The van der Waals surface area contributed by atoms with Gasteiger partial charge in [0.05, 0.1) is 12.8 Å². The molecule has 0 unspecified atom stereocenters. The molecule has 1 aromatic rings. The Morgan fingerprint density at radius 3 is 1.50 bits per heavy atom. The van der Waals surface area contributed by atoms with Crippen molar-refractivity contribution in [2.24, 2.45) is 0 Å². The maximum atomic E-state index is 11.3. The van der Waals surface area contributed by atoms with Crippen molar-refractivity contribution < 1.29 is 19.1 Å². The van der Waals surface area contributed by atoms with Gasteiger partial charge in [0, 0.05) is 0 Å². The van der Waals surface area contributed by atoms with E-state index in [-0.39, 0.29) is 38.0 Å². The van der Waals surface area contributed by atoms with Crippen LogP contribution in [0.1, 0.15) is 11.1 Å². The molecule has 0 saturated carbocycles. The van der Waals surface area contributed by atoms with Crippen molar-refractivity contribution in [3.05, 3.63) is 35.4 Å². The van der Waals surface area contributed by atoms with Crippen LogP contribution in [0.2, 0.25) is 0 Å². The maximum Gasteiger partial charge on any atom is 0.310 e. The summed E-state index contributed by atoms with van der Waals surface area (Å²) in [4.78, 5) is 22.6. The lowest BCUT2D eigenvalue weighted by molar-refractivity contribution is -0.151. The number of esters is 2. The summed E-state index contributed by atoms with van der Waals surface area (Å²) in [7, 11) is 0. The van der Waals surface area contributed by atoms with Gasteiger partial charge in [0.2, 0.25) is 0 Å².